The highest BCUT2D eigenvalue weighted by atomic mass is 35.5. The summed E-state index contributed by atoms with van der Waals surface area (Å²) in [5.41, 5.74) is 3.84. The molecule has 0 unspecified atom stereocenters. The number of aryl methyl sites for hydroxylation is 1. The number of amides is 1. The van der Waals surface area contributed by atoms with Crippen molar-refractivity contribution in [1.29, 1.82) is 0 Å². The molecule has 0 aliphatic carbocycles. The summed E-state index contributed by atoms with van der Waals surface area (Å²) in [5.74, 6) is 0.268. The van der Waals surface area contributed by atoms with Crippen LogP contribution in [-0.2, 0) is 6.54 Å². The Kier molecular flexibility index (Phi) is 5.17. The van der Waals surface area contributed by atoms with Crippen LogP contribution in [0.5, 0.6) is 0 Å². The standard InChI is InChI=1S/C24H18ClN5O2/c1-15-22-19(13-20(27-24(22)32-29-15)17-7-3-2-4-8-17)23(31)28-21-10-11-26-30(21)14-16-6-5-9-18(25)12-16/h2-13H,14H2,1H3,(H,28,31). The Morgan fingerprint density at radius 1 is 1.09 bits per heavy atom. The quantitative estimate of drug-likeness (QED) is 0.395. The van der Waals surface area contributed by atoms with E-state index in [0.717, 1.165) is 11.1 Å². The van der Waals surface area contributed by atoms with E-state index in [0.29, 0.717) is 45.4 Å². The topological polar surface area (TPSA) is 85.8 Å². The Morgan fingerprint density at radius 2 is 1.94 bits per heavy atom. The van der Waals surface area contributed by atoms with E-state index in [2.05, 4.69) is 20.6 Å². The summed E-state index contributed by atoms with van der Waals surface area (Å²) in [6.45, 7) is 2.26. The maximum Gasteiger partial charge on any atom is 0.259 e. The number of nitrogens with zero attached hydrogens (tertiary/aromatic N) is 4. The van der Waals surface area contributed by atoms with Gasteiger partial charge >= 0.3 is 0 Å². The number of nitrogens with one attached hydrogen (secondary N) is 1. The predicted molar refractivity (Wildman–Crippen MR) is 123 cm³/mol. The number of rotatable bonds is 5. The normalized spacial score (nSPS) is 11.1. The minimum atomic E-state index is -0.297. The summed E-state index contributed by atoms with van der Waals surface area (Å²) in [7, 11) is 0. The molecular weight excluding hydrogens is 426 g/mol. The molecule has 0 fully saturated rings. The lowest BCUT2D eigenvalue weighted by molar-refractivity contribution is 0.102. The second kappa shape index (κ2) is 8.28. The highest BCUT2D eigenvalue weighted by molar-refractivity contribution is 6.30. The van der Waals surface area contributed by atoms with Gasteiger partial charge in [-0.2, -0.15) is 5.10 Å². The first kappa shape index (κ1) is 20.0. The molecule has 0 aliphatic heterocycles. The van der Waals surface area contributed by atoms with E-state index in [1.165, 1.54) is 0 Å². The third-order valence-electron chi connectivity index (χ3n) is 5.11. The Morgan fingerprint density at radius 3 is 2.75 bits per heavy atom. The van der Waals surface area contributed by atoms with Crippen molar-refractivity contribution in [1.82, 2.24) is 19.9 Å². The minimum Gasteiger partial charge on any atom is -0.335 e. The maximum atomic E-state index is 13.3. The van der Waals surface area contributed by atoms with Gasteiger partial charge in [-0.1, -0.05) is 59.2 Å². The highest BCUT2D eigenvalue weighted by Gasteiger charge is 2.20. The number of hydrogen-bond acceptors (Lipinski definition) is 5. The molecule has 5 aromatic rings. The van der Waals surface area contributed by atoms with Crippen LogP contribution < -0.4 is 5.32 Å². The second-order valence-corrected chi connectivity index (χ2v) is 7.76. The fraction of sp³-hybridized carbons (Fsp3) is 0.0833. The molecule has 0 aliphatic rings. The zero-order valence-electron chi connectivity index (χ0n) is 17.1. The van der Waals surface area contributed by atoms with Crippen LogP contribution in [0.4, 0.5) is 5.82 Å². The number of halogens is 1. The van der Waals surface area contributed by atoms with Crippen LogP contribution in [0.3, 0.4) is 0 Å². The molecule has 32 heavy (non-hydrogen) atoms. The summed E-state index contributed by atoms with van der Waals surface area (Å²) >= 11 is 6.09. The van der Waals surface area contributed by atoms with Crippen molar-refractivity contribution in [3.63, 3.8) is 0 Å². The first-order valence-electron chi connectivity index (χ1n) is 9.98. The van der Waals surface area contributed by atoms with E-state index in [9.17, 15) is 4.79 Å². The Hall–Kier alpha value is -3.97. The van der Waals surface area contributed by atoms with Gasteiger partial charge in [0.25, 0.3) is 11.6 Å². The fourth-order valence-electron chi connectivity index (χ4n) is 3.59. The number of hydrogen-bond donors (Lipinski definition) is 1. The van der Waals surface area contributed by atoms with Gasteiger partial charge in [0, 0.05) is 16.7 Å². The molecule has 3 aromatic heterocycles. The van der Waals surface area contributed by atoms with Gasteiger partial charge in [-0.25, -0.2) is 9.67 Å². The number of aromatic nitrogens is 4. The van der Waals surface area contributed by atoms with E-state index < -0.39 is 0 Å². The zero-order chi connectivity index (χ0) is 22.1. The van der Waals surface area contributed by atoms with E-state index in [1.54, 1.807) is 29.9 Å². The Labute approximate surface area is 188 Å². The monoisotopic (exact) mass is 443 g/mol. The van der Waals surface area contributed by atoms with E-state index in [1.807, 2.05) is 54.6 Å². The lowest BCUT2D eigenvalue weighted by Crippen LogP contribution is -2.17. The largest absolute Gasteiger partial charge is 0.335 e. The highest BCUT2D eigenvalue weighted by Crippen LogP contribution is 2.27. The van der Waals surface area contributed by atoms with Gasteiger partial charge in [0.2, 0.25) is 0 Å². The Balaban J connectivity index is 1.50. The van der Waals surface area contributed by atoms with Gasteiger partial charge in [-0.3, -0.25) is 4.79 Å². The van der Waals surface area contributed by atoms with Crippen LogP contribution in [0.25, 0.3) is 22.4 Å². The van der Waals surface area contributed by atoms with Crippen LogP contribution in [0, 0.1) is 6.92 Å². The first-order valence-corrected chi connectivity index (χ1v) is 10.4. The van der Waals surface area contributed by atoms with Crippen LogP contribution >= 0.6 is 11.6 Å². The molecule has 158 valence electrons. The first-order chi connectivity index (χ1) is 15.6. The number of benzene rings is 2. The lowest BCUT2D eigenvalue weighted by Gasteiger charge is -2.11. The molecule has 1 N–H and O–H groups in total. The van der Waals surface area contributed by atoms with Crippen molar-refractivity contribution in [3.05, 3.63) is 94.8 Å². The molecule has 3 heterocycles. The predicted octanol–water partition coefficient (Wildman–Crippen LogP) is 5.35. The van der Waals surface area contributed by atoms with Gasteiger partial charge < -0.3 is 9.84 Å². The molecule has 0 atom stereocenters. The minimum absolute atomic E-state index is 0.297. The van der Waals surface area contributed by atoms with Crippen molar-refractivity contribution in [2.75, 3.05) is 5.32 Å². The van der Waals surface area contributed by atoms with Gasteiger partial charge in [0.1, 0.15) is 5.82 Å². The van der Waals surface area contributed by atoms with Crippen LogP contribution in [0.2, 0.25) is 5.02 Å². The van der Waals surface area contributed by atoms with Crippen molar-refractivity contribution in [2.24, 2.45) is 0 Å². The number of fused-ring (bicyclic) bond motifs is 1. The molecular formula is C24H18ClN5O2. The van der Waals surface area contributed by atoms with Crippen molar-refractivity contribution in [3.8, 4) is 11.3 Å². The van der Waals surface area contributed by atoms with Crippen molar-refractivity contribution in [2.45, 2.75) is 13.5 Å². The van der Waals surface area contributed by atoms with Crippen LogP contribution in [0.15, 0.2) is 77.4 Å². The third-order valence-corrected chi connectivity index (χ3v) is 5.35. The molecule has 0 radical (unpaired) electrons. The molecule has 7 nitrogen and oxygen atoms in total. The van der Waals surface area contributed by atoms with Gasteiger partial charge in [-0.05, 0) is 30.7 Å². The fourth-order valence-corrected chi connectivity index (χ4v) is 3.80. The number of anilines is 1. The van der Waals surface area contributed by atoms with Crippen molar-refractivity contribution < 1.29 is 9.32 Å². The molecule has 1 amide bonds. The smallest absolute Gasteiger partial charge is 0.259 e. The number of carbonyl (C=O) groups excluding carboxylic acids is 1. The van der Waals surface area contributed by atoms with E-state index in [-0.39, 0.29) is 5.91 Å². The molecule has 8 heteroatoms. The summed E-state index contributed by atoms with van der Waals surface area (Å²) in [6, 6.07) is 20.7. The summed E-state index contributed by atoms with van der Waals surface area (Å²) < 4.78 is 7.09. The van der Waals surface area contributed by atoms with Crippen LogP contribution in [0.1, 0.15) is 21.6 Å². The van der Waals surface area contributed by atoms with Gasteiger partial charge in [-0.15, -0.1) is 0 Å². The summed E-state index contributed by atoms with van der Waals surface area (Å²) in [4.78, 5) is 17.9. The van der Waals surface area contributed by atoms with E-state index >= 15 is 0 Å². The lowest BCUT2D eigenvalue weighted by atomic mass is 10.1. The van der Waals surface area contributed by atoms with Gasteiger partial charge in [0.05, 0.1) is 35.1 Å². The molecule has 5 rings (SSSR count). The summed E-state index contributed by atoms with van der Waals surface area (Å²) in [5, 5.41) is 12.5. The third kappa shape index (κ3) is 3.86. The SMILES string of the molecule is Cc1noc2nc(-c3ccccc3)cc(C(=O)Nc3ccnn3Cc3cccc(Cl)c3)c12. The zero-order valence-corrected chi connectivity index (χ0v) is 17.9. The summed E-state index contributed by atoms with van der Waals surface area (Å²) in [6.07, 6.45) is 1.64. The number of pyridine rings is 1. The molecule has 0 saturated heterocycles. The maximum absolute atomic E-state index is 13.3. The molecule has 0 spiro atoms. The average Bonchev–Trinajstić information content (AvgIpc) is 3.40. The Bertz CT molecular complexity index is 1430. The molecule has 0 saturated carbocycles. The number of carbonyl (C=O) groups is 1. The average molecular weight is 444 g/mol. The molecule has 0 bridgehead atoms. The van der Waals surface area contributed by atoms with Crippen LogP contribution in [-0.4, -0.2) is 25.8 Å². The van der Waals surface area contributed by atoms with E-state index in [4.69, 9.17) is 16.1 Å². The van der Waals surface area contributed by atoms with Crippen molar-refractivity contribution >= 4 is 34.4 Å². The second-order valence-electron chi connectivity index (χ2n) is 7.33. The molecule has 2 aromatic carbocycles. The van der Waals surface area contributed by atoms with Gasteiger partial charge in [0.15, 0.2) is 0 Å².